The lowest BCUT2D eigenvalue weighted by Crippen LogP contribution is -2.55. The minimum absolute atomic E-state index is 0.0782. The second kappa shape index (κ2) is 5.49. The van der Waals surface area contributed by atoms with Crippen LogP contribution in [0.15, 0.2) is 0 Å². The molecule has 108 valence electrons. The van der Waals surface area contributed by atoms with Crippen LogP contribution >= 0.6 is 0 Å². The molecule has 5 heteroatoms. The number of esters is 1. The Morgan fingerprint density at radius 1 is 1.37 bits per heavy atom. The Balaban J connectivity index is 2.17. The number of carbonyl (C=O) groups is 2. The van der Waals surface area contributed by atoms with Crippen molar-refractivity contribution < 1.29 is 14.3 Å². The van der Waals surface area contributed by atoms with E-state index >= 15 is 0 Å². The van der Waals surface area contributed by atoms with Crippen LogP contribution in [0, 0.1) is 11.8 Å². The number of nitrogens with two attached hydrogens (primary N) is 1. The fraction of sp³-hybridized carbons (Fsp3) is 0.857. The first-order valence-corrected chi connectivity index (χ1v) is 7.21. The van der Waals surface area contributed by atoms with Crippen molar-refractivity contribution in [3.05, 3.63) is 0 Å². The van der Waals surface area contributed by atoms with Gasteiger partial charge in [0, 0.05) is 6.04 Å². The molecule has 1 amide bonds. The fourth-order valence-corrected chi connectivity index (χ4v) is 3.29. The number of piperidine rings is 1. The SMILES string of the molecule is CCOC(=O)C1C2CCC(C2)N1C(=O)C(N)C(C)C. The molecular weight excluding hydrogens is 244 g/mol. The number of hydrogen-bond donors (Lipinski definition) is 1. The number of amides is 1. The van der Waals surface area contributed by atoms with Gasteiger partial charge in [0.1, 0.15) is 6.04 Å². The van der Waals surface area contributed by atoms with Gasteiger partial charge in [0.25, 0.3) is 0 Å². The molecule has 4 unspecified atom stereocenters. The zero-order chi connectivity index (χ0) is 14.2. The van der Waals surface area contributed by atoms with Crippen molar-refractivity contribution in [2.45, 2.75) is 58.2 Å². The molecule has 0 aromatic carbocycles. The van der Waals surface area contributed by atoms with Crippen LogP contribution in [0.3, 0.4) is 0 Å². The average molecular weight is 268 g/mol. The fourth-order valence-electron chi connectivity index (χ4n) is 3.29. The van der Waals surface area contributed by atoms with E-state index in [1.165, 1.54) is 0 Å². The highest BCUT2D eigenvalue weighted by Crippen LogP contribution is 2.43. The second-order valence-electron chi connectivity index (χ2n) is 5.94. The number of rotatable bonds is 4. The summed E-state index contributed by atoms with van der Waals surface area (Å²) < 4.78 is 5.13. The predicted octanol–water partition coefficient (Wildman–Crippen LogP) is 0.912. The lowest BCUT2D eigenvalue weighted by molar-refractivity contribution is -0.157. The maximum atomic E-state index is 12.5. The molecule has 2 N–H and O–H groups in total. The van der Waals surface area contributed by atoms with Gasteiger partial charge in [-0.15, -0.1) is 0 Å². The lowest BCUT2D eigenvalue weighted by atomic mass is 9.96. The first-order chi connectivity index (χ1) is 8.97. The molecule has 5 nitrogen and oxygen atoms in total. The van der Waals surface area contributed by atoms with Gasteiger partial charge in [-0.05, 0) is 38.0 Å². The molecule has 1 aliphatic carbocycles. The van der Waals surface area contributed by atoms with Crippen molar-refractivity contribution in [3.63, 3.8) is 0 Å². The van der Waals surface area contributed by atoms with Crippen LogP contribution in [0.2, 0.25) is 0 Å². The first-order valence-electron chi connectivity index (χ1n) is 7.21. The molecule has 1 saturated carbocycles. The molecule has 19 heavy (non-hydrogen) atoms. The molecule has 0 radical (unpaired) electrons. The third kappa shape index (κ3) is 2.48. The molecule has 4 atom stereocenters. The average Bonchev–Trinajstić information content (AvgIpc) is 2.97. The minimum Gasteiger partial charge on any atom is -0.464 e. The smallest absolute Gasteiger partial charge is 0.329 e. The Labute approximate surface area is 114 Å². The van der Waals surface area contributed by atoms with Gasteiger partial charge < -0.3 is 15.4 Å². The maximum absolute atomic E-state index is 12.5. The third-order valence-corrected chi connectivity index (χ3v) is 4.37. The second-order valence-corrected chi connectivity index (χ2v) is 5.94. The summed E-state index contributed by atoms with van der Waals surface area (Å²) in [6.45, 7) is 5.99. The van der Waals surface area contributed by atoms with E-state index in [9.17, 15) is 9.59 Å². The van der Waals surface area contributed by atoms with Crippen molar-refractivity contribution in [2.24, 2.45) is 17.6 Å². The Kier molecular flexibility index (Phi) is 4.13. The molecule has 1 heterocycles. The molecule has 2 bridgehead atoms. The van der Waals surface area contributed by atoms with Crippen LogP contribution < -0.4 is 5.73 Å². The molecule has 0 spiro atoms. The van der Waals surface area contributed by atoms with E-state index in [0.29, 0.717) is 6.61 Å². The number of fused-ring (bicyclic) bond motifs is 2. The summed E-state index contributed by atoms with van der Waals surface area (Å²) in [5.74, 6) is -0.0268. The lowest BCUT2D eigenvalue weighted by Gasteiger charge is -2.36. The third-order valence-electron chi connectivity index (χ3n) is 4.37. The van der Waals surface area contributed by atoms with Gasteiger partial charge in [0.2, 0.25) is 5.91 Å². The van der Waals surface area contributed by atoms with Crippen molar-refractivity contribution >= 4 is 11.9 Å². The predicted molar refractivity (Wildman–Crippen MR) is 71.2 cm³/mol. The molecule has 2 aliphatic rings. The summed E-state index contributed by atoms with van der Waals surface area (Å²) in [5.41, 5.74) is 5.96. The van der Waals surface area contributed by atoms with E-state index < -0.39 is 12.1 Å². The summed E-state index contributed by atoms with van der Waals surface area (Å²) in [5, 5.41) is 0. The molecule has 2 fully saturated rings. The number of hydrogen-bond acceptors (Lipinski definition) is 4. The summed E-state index contributed by atoms with van der Waals surface area (Å²) in [4.78, 5) is 26.3. The zero-order valence-corrected chi connectivity index (χ0v) is 12.0. The Hall–Kier alpha value is -1.10. The van der Waals surface area contributed by atoms with Crippen LogP contribution in [0.25, 0.3) is 0 Å². The van der Waals surface area contributed by atoms with Crippen LogP contribution in [-0.2, 0) is 14.3 Å². The molecular formula is C14H24N2O3. The highest BCUT2D eigenvalue weighted by atomic mass is 16.5. The van der Waals surface area contributed by atoms with Gasteiger partial charge in [-0.25, -0.2) is 4.79 Å². The standard InChI is InChI=1S/C14H24N2O3/c1-4-19-14(18)12-9-5-6-10(7-9)16(12)13(17)11(15)8(2)3/h8-12H,4-7,15H2,1-3H3. The monoisotopic (exact) mass is 268 g/mol. The molecule has 1 aliphatic heterocycles. The normalized spacial score (nSPS) is 30.8. The number of nitrogens with zero attached hydrogens (tertiary/aromatic N) is 1. The van der Waals surface area contributed by atoms with Crippen molar-refractivity contribution in [1.82, 2.24) is 4.90 Å². The van der Waals surface area contributed by atoms with Crippen LogP contribution in [0.5, 0.6) is 0 Å². The minimum atomic E-state index is -0.531. The number of likely N-dealkylation sites (tertiary alicyclic amines) is 1. The highest BCUT2D eigenvalue weighted by Gasteiger charge is 2.52. The van der Waals surface area contributed by atoms with Crippen molar-refractivity contribution in [3.8, 4) is 0 Å². The molecule has 0 aromatic rings. The molecule has 1 saturated heterocycles. The van der Waals surface area contributed by atoms with E-state index in [1.54, 1.807) is 11.8 Å². The Morgan fingerprint density at radius 2 is 2.05 bits per heavy atom. The van der Waals surface area contributed by atoms with E-state index in [1.807, 2.05) is 13.8 Å². The molecule has 0 aromatic heterocycles. The van der Waals surface area contributed by atoms with E-state index in [4.69, 9.17) is 10.5 Å². The first kappa shape index (κ1) is 14.3. The zero-order valence-electron chi connectivity index (χ0n) is 12.0. The number of ether oxygens (including phenoxy) is 1. The number of carbonyl (C=O) groups excluding carboxylic acids is 2. The van der Waals surface area contributed by atoms with Gasteiger partial charge in [-0.2, -0.15) is 0 Å². The van der Waals surface area contributed by atoms with E-state index in [2.05, 4.69) is 0 Å². The largest absolute Gasteiger partial charge is 0.464 e. The van der Waals surface area contributed by atoms with Gasteiger partial charge >= 0.3 is 5.97 Å². The van der Waals surface area contributed by atoms with Crippen LogP contribution in [0.4, 0.5) is 0 Å². The van der Waals surface area contributed by atoms with Crippen molar-refractivity contribution in [1.29, 1.82) is 0 Å². The van der Waals surface area contributed by atoms with Crippen LogP contribution in [-0.4, -0.2) is 41.5 Å². The van der Waals surface area contributed by atoms with Gasteiger partial charge in [0.05, 0.1) is 12.6 Å². The molecule has 2 rings (SSSR count). The summed E-state index contributed by atoms with van der Waals surface area (Å²) >= 11 is 0. The van der Waals surface area contributed by atoms with E-state index in [-0.39, 0.29) is 29.8 Å². The summed E-state index contributed by atoms with van der Waals surface area (Å²) in [7, 11) is 0. The summed E-state index contributed by atoms with van der Waals surface area (Å²) in [6.07, 6.45) is 2.91. The van der Waals surface area contributed by atoms with Gasteiger partial charge in [-0.3, -0.25) is 4.79 Å². The van der Waals surface area contributed by atoms with Gasteiger partial charge in [-0.1, -0.05) is 13.8 Å². The Morgan fingerprint density at radius 3 is 2.63 bits per heavy atom. The highest BCUT2D eigenvalue weighted by molar-refractivity contribution is 5.89. The summed E-state index contributed by atoms with van der Waals surface area (Å²) in [6, 6.07) is -0.760. The van der Waals surface area contributed by atoms with Crippen molar-refractivity contribution in [2.75, 3.05) is 6.61 Å². The van der Waals surface area contributed by atoms with E-state index in [0.717, 1.165) is 19.3 Å². The quantitative estimate of drug-likeness (QED) is 0.769. The maximum Gasteiger partial charge on any atom is 0.329 e. The Bertz CT molecular complexity index is 370. The van der Waals surface area contributed by atoms with Gasteiger partial charge in [0.15, 0.2) is 0 Å². The van der Waals surface area contributed by atoms with Crippen LogP contribution in [0.1, 0.15) is 40.0 Å². The topological polar surface area (TPSA) is 72.6 Å².